The van der Waals surface area contributed by atoms with Gasteiger partial charge in [-0.3, -0.25) is 0 Å². The molecule has 0 amide bonds. The minimum Gasteiger partial charge on any atom is -0.392 e. The minimum atomic E-state index is 0.140. The fourth-order valence-electron chi connectivity index (χ4n) is 2.73. The summed E-state index contributed by atoms with van der Waals surface area (Å²) in [4.78, 5) is 10.2. The molecule has 2 heteroatoms. The van der Waals surface area contributed by atoms with Gasteiger partial charge in [-0.25, -0.2) is 0 Å². The van der Waals surface area contributed by atoms with Crippen LogP contribution in [-0.4, -0.2) is 10.9 Å². The Morgan fingerprint density at radius 2 is 1.31 bits per heavy atom. The molecule has 162 valence electrons. The first-order valence-corrected chi connectivity index (χ1v) is 11.2. The van der Waals surface area contributed by atoms with Crippen molar-refractivity contribution in [3.05, 3.63) is 71.8 Å². The maximum Gasteiger partial charge on any atom is 0.129 e. The van der Waals surface area contributed by atoms with Crippen LogP contribution < -0.4 is 0 Å². The summed E-state index contributed by atoms with van der Waals surface area (Å²) in [6.45, 7) is 8.27. The Balaban J connectivity index is 0.000000367. The van der Waals surface area contributed by atoms with Crippen LogP contribution in [0.1, 0.15) is 96.1 Å². The Bertz CT molecular complexity index is 579. The van der Waals surface area contributed by atoms with Crippen molar-refractivity contribution < 1.29 is 9.90 Å². The second kappa shape index (κ2) is 19.4. The van der Waals surface area contributed by atoms with Gasteiger partial charge >= 0.3 is 0 Å². The third kappa shape index (κ3) is 17.9. The lowest BCUT2D eigenvalue weighted by Crippen LogP contribution is -1.86. The number of Topliss-reactive ketones (excluding diaryl/α,β-unsaturated/α-hetero) is 1. The van der Waals surface area contributed by atoms with Crippen molar-refractivity contribution in [3.8, 4) is 0 Å². The largest absolute Gasteiger partial charge is 0.392 e. The van der Waals surface area contributed by atoms with Crippen LogP contribution in [-0.2, 0) is 11.4 Å². The topological polar surface area (TPSA) is 37.3 Å². The molecule has 0 unspecified atom stereocenters. The van der Waals surface area contributed by atoms with Gasteiger partial charge in [-0.2, -0.15) is 0 Å². The van der Waals surface area contributed by atoms with Crippen LogP contribution in [0, 0.1) is 0 Å². The zero-order chi connectivity index (χ0) is 21.7. The number of rotatable bonds is 5. The Hall–Kier alpha value is -1.93. The third-order valence-electron chi connectivity index (χ3n) is 4.62. The second-order valence-electron chi connectivity index (χ2n) is 7.78. The van der Waals surface area contributed by atoms with Crippen molar-refractivity contribution in [2.24, 2.45) is 0 Å². The van der Waals surface area contributed by atoms with Crippen molar-refractivity contribution in [1.29, 1.82) is 0 Å². The van der Waals surface area contributed by atoms with Crippen LogP contribution >= 0.6 is 0 Å². The maximum atomic E-state index is 10.2. The van der Waals surface area contributed by atoms with Gasteiger partial charge in [0.1, 0.15) is 5.78 Å². The van der Waals surface area contributed by atoms with Crippen molar-refractivity contribution in [2.45, 2.75) is 91.6 Å². The van der Waals surface area contributed by atoms with Crippen LogP contribution in [0.4, 0.5) is 0 Å². The van der Waals surface area contributed by atoms with Gasteiger partial charge in [0, 0.05) is 6.42 Å². The molecule has 0 aliphatic heterocycles. The van der Waals surface area contributed by atoms with Crippen molar-refractivity contribution in [3.63, 3.8) is 0 Å². The monoisotopic (exact) mass is 398 g/mol. The number of ketones is 1. The van der Waals surface area contributed by atoms with Crippen molar-refractivity contribution in [2.75, 3.05) is 0 Å². The van der Waals surface area contributed by atoms with Crippen LogP contribution in [0.2, 0.25) is 0 Å². The molecule has 0 saturated heterocycles. The zero-order valence-corrected chi connectivity index (χ0v) is 19.1. The van der Waals surface area contributed by atoms with E-state index >= 15 is 0 Å². The van der Waals surface area contributed by atoms with E-state index < -0.39 is 0 Å². The van der Waals surface area contributed by atoms with E-state index in [0.717, 1.165) is 24.8 Å². The summed E-state index contributed by atoms with van der Waals surface area (Å²) in [6, 6.07) is 20.0. The molecule has 2 aromatic rings. The van der Waals surface area contributed by atoms with Gasteiger partial charge in [0.15, 0.2) is 0 Å². The summed E-state index contributed by atoms with van der Waals surface area (Å²) in [6.07, 6.45) is 10.4. The third-order valence-corrected chi connectivity index (χ3v) is 4.62. The summed E-state index contributed by atoms with van der Waals surface area (Å²) in [5.74, 6) is 0.966. The summed E-state index contributed by atoms with van der Waals surface area (Å²) >= 11 is 0. The summed E-state index contributed by atoms with van der Waals surface area (Å²) in [7, 11) is 0. The number of carbonyl (C=O) groups is 1. The highest BCUT2D eigenvalue weighted by Crippen LogP contribution is 2.15. The normalized spacial score (nSPS) is 11.9. The van der Waals surface area contributed by atoms with Crippen molar-refractivity contribution >= 4 is 5.78 Å². The Kier molecular flexibility index (Phi) is 18.1. The number of hydrogen-bond acceptors (Lipinski definition) is 2. The molecule has 1 N–H and O–H groups in total. The van der Waals surface area contributed by atoms with E-state index in [1.165, 1.54) is 37.7 Å². The van der Waals surface area contributed by atoms with Crippen LogP contribution in [0.15, 0.2) is 60.7 Å². The summed E-state index contributed by atoms with van der Waals surface area (Å²) in [5, 5.41) is 8.54. The first-order valence-electron chi connectivity index (χ1n) is 11.2. The van der Waals surface area contributed by atoms with Gasteiger partial charge in [-0.15, -0.1) is 0 Å². The highest BCUT2D eigenvalue weighted by molar-refractivity contribution is 5.75. The summed E-state index contributed by atoms with van der Waals surface area (Å²) < 4.78 is 0. The summed E-state index contributed by atoms with van der Waals surface area (Å²) in [5.41, 5.74) is 2.38. The van der Waals surface area contributed by atoms with E-state index in [4.69, 9.17) is 5.11 Å². The van der Waals surface area contributed by atoms with Crippen LogP contribution in [0.5, 0.6) is 0 Å². The molecular formula is C27H42O2. The highest BCUT2D eigenvalue weighted by Gasteiger charge is 1.95. The fourth-order valence-corrected chi connectivity index (χ4v) is 2.73. The van der Waals surface area contributed by atoms with E-state index in [-0.39, 0.29) is 6.61 Å². The molecule has 3 rings (SSSR count). The van der Waals surface area contributed by atoms with E-state index in [2.05, 4.69) is 45.0 Å². The first-order chi connectivity index (χ1) is 14.0. The molecule has 0 aromatic heterocycles. The molecular weight excluding hydrogens is 356 g/mol. The Labute approximate surface area is 179 Å². The molecule has 0 heterocycles. The average Bonchev–Trinajstić information content (AvgIpc) is 3.34. The SMILES string of the molecule is C1CCCC1.CC(C)c1ccccc1.CCCCC(C)=O.OCc1ccccc1. The molecule has 0 spiro atoms. The van der Waals surface area contributed by atoms with Gasteiger partial charge in [0.05, 0.1) is 6.61 Å². The zero-order valence-electron chi connectivity index (χ0n) is 19.1. The second-order valence-corrected chi connectivity index (χ2v) is 7.78. The lowest BCUT2D eigenvalue weighted by Gasteiger charge is -2.01. The van der Waals surface area contributed by atoms with Gasteiger partial charge in [0.25, 0.3) is 0 Å². The highest BCUT2D eigenvalue weighted by atomic mass is 16.3. The Morgan fingerprint density at radius 1 is 0.862 bits per heavy atom. The van der Waals surface area contributed by atoms with Crippen molar-refractivity contribution in [1.82, 2.24) is 0 Å². The van der Waals surface area contributed by atoms with E-state index in [1.807, 2.05) is 36.4 Å². The fraction of sp³-hybridized carbons (Fsp3) is 0.519. The van der Waals surface area contributed by atoms with Crippen LogP contribution in [0.3, 0.4) is 0 Å². The van der Waals surface area contributed by atoms with Gasteiger partial charge in [0.2, 0.25) is 0 Å². The van der Waals surface area contributed by atoms with E-state index in [1.54, 1.807) is 6.92 Å². The molecule has 2 aromatic carbocycles. The lowest BCUT2D eigenvalue weighted by molar-refractivity contribution is -0.117. The molecule has 1 aliphatic rings. The average molecular weight is 399 g/mol. The molecule has 0 radical (unpaired) electrons. The van der Waals surface area contributed by atoms with Gasteiger partial charge < -0.3 is 9.90 Å². The first kappa shape index (κ1) is 27.1. The molecule has 2 nitrogen and oxygen atoms in total. The number of aliphatic hydroxyl groups is 1. The van der Waals surface area contributed by atoms with E-state index in [9.17, 15) is 4.79 Å². The lowest BCUT2D eigenvalue weighted by atomic mass is 10.0. The number of carbonyl (C=O) groups excluding carboxylic acids is 1. The minimum absolute atomic E-state index is 0.140. The molecule has 0 bridgehead atoms. The number of aliphatic hydroxyl groups excluding tert-OH is 1. The standard InChI is InChI=1S/C9H12.C7H8O.C6H12O.C5H10/c1-8(2)9-6-4-3-5-7-9;8-6-7-4-2-1-3-5-7;1-3-4-5-6(2)7;1-2-4-5-3-1/h3-8H,1-2H3;1-5,8H,6H2;3-5H2,1-2H3;1-5H2. The number of hydrogen-bond donors (Lipinski definition) is 1. The smallest absolute Gasteiger partial charge is 0.129 e. The molecule has 1 aliphatic carbocycles. The predicted molar refractivity (Wildman–Crippen MR) is 126 cm³/mol. The maximum absolute atomic E-state index is 10.2. The van der Waals surface area contributed by atoms with E-state index in [0.29, 0.717) is 11.7 Å². The number of unbranched alkanes of at least 4 members (excludes halogenated alkanes) is 1. The van der Waals surface area contributed by atoms with Crippen LogP contribution in [0.25, 0.3) is 0 Å². The van der Waals surface area contributed by atoms with Gasteiger partial charge in [-0.1, -0.05) is 120 Å². The molecule has 29 heavy (non-hydrogen) atoms. The quantitative estimate of drug-likeness (QED) is 0.560. The molecule has 1 saturated carbocycles. The number of benzene rings is 2. The predicted octanol–water partition coefficient (Wildman–Crippen LogP) is 7.71. The molecule has 0 atom stereocenters. The van der Waals surface area contributed by atoms with Gasteiger partial charge in [-0.05, 0) is 30.4 Å². The Morgan fingerprint density at radius 3 is 1.55 bits per heavy atom. The molecule has 1 fully saturated rings.